The third-order valence-electron chi connectivity index (χ3n) is 1.99. The quantitative estimate of drug-likeness (QED) is 0.827. The van der Waals surface area contributed by atoms with Crippen molar-refractivity contribution >= 4 is 15.9 Å². The van der Waals surface area contributed by atoms with Gasteiger partial charge in [-0.2, -0.15) is 13.2 Å². The fourth-order valence-corrected chi connectivity index (χ4v) is 1.64. The molecule has 96 valence electrons. The summed E-state index contributed by atoms with van der Waals surface area (Å²) in [5.74, 6) is 0.639. The SMILES string of the molecule is CN(CCOc1cccc(Br)c1)CC(F)(F)F. The van der Waals surface area contributed by atoms with Gasteiger partial charge in [0.05, 0.1) is 6.54 Å². The third kappa shape index (κ3) is 6.53. The van der Waals surface area contributed by atoms with Gasteiger partial charge in [0.2, 0.25) is 0 Å². The Labute approximate surface area is 106 Å². The van der Waals surface area contributed by atoms with Crippen LogP contribution in [0.1, 0.15) is 0 Å². The number of ether oxygens (including phenoxy) is 1. The molecule has 0 atom stereocenters. The molecule has 1 aromatic carbocycles. The number of nitrogens with zero attached hydrogens (tertiary/aromatic N) is 1. The Morgan fingerprint density at radius 1 is 1.35 bits per heavy atom. The van der Waals surface area contributed by atoms with Crippen molar-refractivity contribution < 1.29 is 17.9 Å². The van der Waals surface area contributed by atoms with E-state index in [4.69, 9.17) is 4.74 Å². The highest BCUT2D eigenvalue weighted by molar-refractivity contribution is 9.10. The largest absolute Gasteiger partial charge is 0.492 e. The highest BCUT2D eigenvalue weighted by Crippen LogP contribution is 2.18. The van der Waals surface area contributed by atoms with Gasteiger partial charge in [-0.1, -0.05) is 22.0 Å². The first-order chi connectivity index (χ1) is 7.87. The second-order valence-electron chi connectivity index (χ2n) is 3.66. The summed E-state index contributed by atoms with van der Waals surface area (Å²) < 4.78 is 42.3. The molecule has 0 aromatic heterocycles. The lowest BCUT2D eigenvalue weighted by Gasteiger charge is -2.18. The number of likely N-dealkylation sites (N-methyl/N-ethyl adjacent to an activating group) is 1. The first-order valence-electron chi connectivity index (χ1n) is 5.00. The van der Waals surface area contributed by atoms with Crippen molar-refractivity contribution in [1.29, 1.82) is 0 Å². The number of benzene rings is 1. The minimum Gasteiger partial charge on any atom is -0.492 e. The van der Waals surface area contributed by atoms with Crippen molar-refractivity contribution in [3.8, 4) is 5.75 Å². The number of alkyl halides is 3. The molecule has 0 fully saturated rings. The molecule has 1 rings (SSSR count). The summed E-state index contributed by atoms with van der Waals surface area (Å²) in [4.78, 5) is 1.18. The van der Waals surface area contributed by atoms with E-state index in [1.54, 1.807) is 18.2 Å². The van der Waals surface area contributed by atoms with E-state index < -0.39 is 12.7 Å². The summed E-state index contributed by atoms with van der Waals surface area (Å²) >= 11 is 3.28. The standard InChI is InChI=1S/C11H13BrF3NO/c1-16(8-11(13,14)15)5-6-17-10-4-2-3-9(12)7-10/h2-4,7H,5-6,8H2,1H3. The van der Waals surface area contributed by atoms with Crippen molar-refractivity contribution in [2.45, 2.75) is 6.18 Å². The molecule has 0 bridgehead atoms. The molecule has 0 saturated heterocycles. The molecule has 17 heavy (non-hydrogen) atoms. The number of hydrogen-bond donors (Lipinski definition) is 0. The summed E-state index contributed by atoms with van der Waals surface area (Å²) in [6.07, 6.45) is -4.16. The molecule has 0 aliphatic carbocycles. The number of rotatable bonds is 5. The predicted octanol–water partition coefficient (Wildman–Crippen LogP) is 3.32. The van der Waals surface area contributed by atoms with Gasteiger partial charge < -0.3 is 4.74 Å². The lowest BCUT2D eigenvalue weighted by molar-refractivity contribution is -0.143. The van der Waals surface area contributed by atoms with E-state index >= 15 is 0 Å². The van der Waals surface area contributed by atoms with Gasteiger partial charge in [0.25, 0.3) is 0 Å². The van der Waals surface area contributed by atoms with Crippen molar-refractivity contribution in [1.82, 2.24) is 4.90 Å². The Balaban J connectivity index is 2.28. The molecule has 0 heterocycles. The van der Waals surface area contributed by atoms with Crippen LogP contribution in [0, 0.1) is 0 Å². The predicted molar refractivity (Wildman–Crippen MR) is 63.2 cm³/mol. The zero-order valence-electron chi connectivity index (χ0n) is 9.30. The summed E-state index contributed by atoms with van der Waals surface area (Å²) in [7, 11) is 1.41. The molecule has 0 N–H and O–H groups in total. The van der Waals surface area contributed by atoms with Crippen LogP contribution in [0.3, 0.4) is 0 Å². The lowest BCUT2D eigenvalue weighted by atomic mass is 10.3. The van der Waals surface area contributed by atoms with Crippen LogP contribution in [-0.4, -0.2) is 37.8 Å². The van der Waals surface area contributed by atoms with Crippen LogP contribution in [0.4, 0.5) is 13.2 Å². The van der Waals surface area contributed by atoms with Gasteiger partial charge in [-0.15, -0.1) is 0 Å². The van der Waals surface area contributed by atoms with Crippen molar-refractivity contribution in [2.24, 2.45) is 0 Å². The summed E-state index contributed by atoms with van der Waals surface area (Å²) in [6.45, 7) is -0.468. The van der Waals surface area contributed by atoms with E-state index in [0.717, 1.165) is 4.47 Å². The van der Waals surface area contributed by atoms with E-state index in [1.807, 2.05) is 6.07 Å². The number of halogens is 4. The summed E-state index contributed by atoms with van der Waals surface area (Å²) in [6, 6.07) is 7.18. The number of hydrogen-bond acceptors (Lipinski definition) is 2. The van der Waals surface area contributed by atoms with Gasteiger partial charge in [0.15, 0.2) is 0 Å². The molecule has 0 amide bonds. The van der Waals surface area contributed by atoms with E-state index in [-0.39, 0.29) is 13.2 Å². The molecule has 0 aliphatic heterocycles. The second kappa shape index (κ2) is 6.26. The molecule has 0 aliphatic rings. The average molecular weight is 312 g/mol. The normalized spacial score (nSPS) is 11.9. The maximum absolute atomic E-state index is 12.0. The van der Waals surface area contributed by atoms with Gasteiger partial charge in [0.1, 0.15) is 12.4 Å². The zero-order chi connectivity index (χ0) is 12.9. The van der Waals surface area contributed by atoms with Crippen molar-refractivity contribution in [3.63, 3.8) is 0 Å². The van der Waals surface area contributed by atoms with E-state index in [0.29, 0.717) is 5.75 Å². The summed E-state index contributed by atoms with van der Waals surface area (Å²) in [5, 5.41) is 0. The minimum atomic E-state index is -4.16. The third-order valence-corrected chi connectivity index (χ3v) is 2.48. The molecule has 0 spiro atoms. The highest BCUT2D eigenvalue weighted by atomic mass is 79.9. The van der Waals surface area contributed by atoms with Crippen LogP contribution in [0.25, 0.3) is 0 Å². The van der Waals surface area contributed by atoms with E-state index in [1.165, 1.54) is 11.9 Å². The van der Waals surface area contributed by atoms with E-state index in [9.17, 15) is 13.2 Å². The second-order valence-corrected chi connectivity index (χ2v) is 4.57. The topological polar surface area (TPSA) is 12.5 Å². The van der Waals surface area contributed by atoms with Crippen LogP contribution < -0.4 is 4.74 Å². The fraction of sp³-hybridized carbons (Fsp3) is 0.455. The molecular weight excluding hydrogens is 299 g/mol. The van der Waals surface area contributed by atoms with Gasteiger partial charge >= 0.3 is 6.18 Å². The maximum Gasteiger partial charge on any atom is 0.401 e. The first kappa shape index (κ1) is 14.3. The monoisotopic (exact) mass is 311 g/mol. The Bertz CT molecular complexity index is 357. The molecular formula is C11H13BrF3NO. The van der Waals surface area contributed by atoms with Crippen LogP contribution >= 0.6 is 15.9 Å². The summed E-state index contributed by atoms with van der Waals surface area (Å²) in [5.41, 5.74) is 0. The Hall–Kier alpha value is -0.750. The molecule has 1 aromatic rings. The van der Waals surface area contributed by atoms with Gasteiger partial charge in [-0.05, 0) is 25.2 Å². The lowest BCUT2D eigenvalue weighted by Crippen LogP contribution is -2.33. The Kier molecular flexibility index (Phi) is 5.27. The average Bonchev–Trinajstić information content (AvgIpc) is 2.14. The fourth-order valence-electron chi connectivity index (χ4n) is 1.26. The first-order valence-corrected chi connectivity index (χ1v) is 5.80. The Morgan fingerprint density at radius 3 is 2.65 bits per heavy atom. The van der Waals surface area contributed by atoms with Crippen LogP contribution in [0.15, 0.2) is 28.7 Å². The molecule has 0 unspecified atom stereocenters. The zero-order valence-corrected chi connectivity index (χ0v) is 10.9. The maximum atomic E-state index is 12.0. The van der Waals surface area contributed by atoms with Crippen LogP contribution in [-0.2, 0) is 0 Å². The van der Waals surface area contributed by atoms with Gasteiger partial charge in [0, 0.05) is 11.0 Å². The molecule has 6 heteroatoms. The highest BCUT2D eigenvalue weighted by Gasteiger charge is 2.28. The smallest absolute Gasteiger partial charge is 0.401 e. The van der Waals surface area contributed by atoms with Gasteiger partial charge in [-0.3, -0.25) is 4.90 Å². The van der Waals surface area contributed by atoms with Crippen LogP contribution in [0.2, 0.25) is 0 Å². The minimum absolute atomic E-state index is 0.225. The molecule has 2 nitrogen and oxygen atoms in total. The molecule has 0 saturated carbocycles. The van der Waals surface area contributed by atoms with Crippen molar-refractivity contribution in [3.05, 3.63) is 28.7 Å². The van der Waals surface area contributed by atoms with Crippen molar-refractivity contribution in [2.75, 3.05) is 26.7 Å². The Morgan fingerprint density at radius 2 is 2.06 bits per heavy atom. The van der Waals surface area contributed by atoms with Crippen LogP contribution in [0.5, 0.6) is 5.75 Å². The van der Waals surface area contributed by atoms with Gasteiger partial charge in [-0.25, -0.2) is 0 Å². The van der Waals surface area contributed by atoms with E-state index in [2.05, 4.69) is 15.9 Å². The molecule has 0 radical (unpaired) electrons.